The highest BCUT2D eigenvalue weighted by Gasteiger charge is 2.47. The molecule has 0 N–H and O–H groups in total. The van der Waals surface area contributed by atoms with E-state index >= 15 is 0 Å². The van der Waals surface area contributed by atoms with E-state index in [9.17, 15) is 9.59 Å². The van der Waals surface area contributed by atoms with Crippen LogP contribution in [-0.2, 0) is 21.7 Å². The maximum absolute atomic E-state index is 13.4. The number of likely N-dealkylation sites (N-methyl/N-ethyl adjacent to an activating group) is 1. The number of Topliss-reactive ketones (excluding diaryl/α,β-unsaturated/α-hetero) is 1. The minimum absolute atomic E-state index is 0.0390. The van der Waals surface area contributed by atoms with Gasteiger partial charge in [-0.25, -0.2) is 0 Å². The Labute approximate surface area is 202 Å². The van der Waals surface area contributed by atoms with Crippen molar-refractivity contribution in [3.63, 3.8) is 0 Å². The van der Waals surface area contributed by atoms with Gasteiger partial charge in [0.1, 0.15) is 11.3 Å². The van der Waals surface area contributed by atoms with Gasteiger partial charge in [-0.1, -0.05) is 41.6 Å². The van der Waals surface area contributed by atoms with Gasteiger partial charge in [0.05, 0.1) is 17.6 Å². The lowest BCUT2D eigenvalue weighted by molar-refractivity contribution is -0.146. The summed E-state index contributed by atoms with van der Waals surface area (Å²) in [6.45, 7) is 4.54. The number of rotatable bonds is 7. The van der Waals surface area contributed by atoms with Crippen molar-refractivity contribution in [2.45, 2.75) is 56.8 Å². The lowest BCUT2D eigenvalue weighted by atomic mass is 9.74. The predicted molar refractivity (Wildman–Crippen MR) is 128 cm³/mol. The van der Waals surface area contributed by atoms with Gasteiger partial charge in [0.2, 0.25) is 5.91 Å². The van der Waals surface area contributed by atoms with Crippen LogP contribution in [0.5, 0.6) is 0 Å². The summed E-state index contributed by atoms with van der Waals surface area (Å²) in [5.41, 5.74) is 0.544. The Morgan fingerprint density at radius 3 is 2.73 bits per heavy atom. The van der Waals surface area contributed by atoms with E-state index in [-0.39, 0.29) is 17.4 Å². The highest BCUT2D eigenvalue weighted by molar-refractivity contribution is 7.99. The Hall–Kier alpha value is -2.58. The van der Waals surface area contributed by atoms with Gasteiger partial charge < -0.3 is 13.9 Å². The first kappa shape index (κ1) is 23.6. The lowest BCUT2D eigenvalue weighted by Crippen LogP contribution is -2.54. The van der Waals surface area contributed by atoms with Crippen LogP contribution in [0, 0.1) is 6.92 Å². The van der Waals surface area contributed by atoms with Gasteiger partial charge >= 0.3 is 0 Å². The largest absolute Gasteiger partial charge is 0.469 e. The minimum atomic E-state index is -1.04. The molecule has 1 unspecified atom stereocenters. The number of furan rings is 1. The first-order valence-electron chi connectivity index (χ1n) is 11.1. The molecule has 1 fully saturated rings. The number of nitrogens with zero attached hydrogens (tertiary/aromatic N) is 4. The van der Waals surface area contributed by atoms with Crippen molar-refractivity contribution >= 4 is 35.1 Å². The van der Waals surface area contributed by atoms with Crippen LogP contribution in [0.2, 0.25) is 5.02 Å². The molecule has 1 aromatic carbocycles. The van der Waals surface area contributed by atoms with Crippen molar-refractivity contribution < 1.29 is 14.0 Å². The number of hydrogen-bond donors (Lipinski definition) is 0. The highest BCUT2D eigenvalue weighted by atomic mass is 35.5. The summed E-state index contributed by atoms with van der Waals surface area (Å²) in [7, 11) is 1.71. The number of aromatic nitrogens is 3. The third kappa shape index (κ3) is 4.22. The fraction of sp³-hybridized carbons (Fsp3) is 0.417. The van der Waals surface area contributed by atoms with Crippen LogP contribution in [0.25, 0.3) is 11.4 Å². The van der Waals surface area contributed by atoms with Crippen molar-refractivity contribution in [3.8, 4) is 11.4 Å². The number of benzene rings is 1. The molecule has 1 aliphatic rings. The van der Waals surface area contributed by atoms with E-state index < -0.39 is 5.54 Å². The average molecular weight is 487 g/mol. The summed E-state index contributed by atoms with van der Waals surface area (Å²) in [5.74, 6) is 1.50. The zero-order valence-corrected chi connectivity index (χ0v) is 20.6. The molecule has 1 amide bonds. The number of thioether (sulfide) groups is 1. The Bertz CT molecular complexity index is 1170. The maximum Gasteiger partial charge on any atom is 0.233 e. The van der Waals surface area contributed by atoms with Crippen molar-refractivity contribution in [2.75, 3.05) is 12.8 Å². The van der Waals surface area contributed by atoms with E-state index in [1.165, 1.54) is 11.8 Å². The normalized spacial score (nSPS) is 18.5. The fourth-order valence-corrected chi connectivity index (χ4v) is 5.77. The summed E-state index contributed by atoms with van der Waals surface area (Å²) in [4.78, 5) is 28.2. The van der Waals surface area contributed by atoms with Gasteiger partial charge in [-0.05, 0) is 45.2 Å². The SMILES string of the molecule is CCn1c(SCC(=O)N(C)C2(c3ccccc3Cl)CCCCC2=O)nnc1-c1ccoc1C. The topological polar surface area (TPSA) is 81.2 Å². The van der Waals surface area contributed by atoms with Crippen molar-refractivity contribution in [3.05, 3.63) is 52.9 Å². The number of carbonyl (C=O) groups excluding carboxylic acids is 2. The van der Waals surface area contributed by atoms with Gasteiger partial charge in [0, 0.05) is 30.6 Å². The molecule has 9 heteroatoms. The van der Waals surface area contributed by atoms with E-state index in [2.05, 4.69) is 10.2 Å². The van der Waals surface area contributed by atoms with Gasteiger partial charge in [-0.3, -0.25) is 9.59 Å². The lowest BCUT2D eigenvalue weighted by Gasteiger charge is -2.44. The molecule has 4 rings (SSSR count). The number of halogens is 1. The highest BCUT2D eigenvalue weighted by Crippen LogP contribution is 2.42. The number of amides is 1. The first-order chi connectivity index (χ1) is 15.9. The van der Waals surface area contributed by atoms with Crippen LogP contribution in [0.1, 0.15) is 43.9 Å². The monoisotopic (exact) mass is 486 g/mol. The van der Waals surface area contributed by atoms with Crippen molar-refractivity contribution in [1.82, 2.24) is 19.7 Å². The summed E-state index contributed by atoms with van der Waals surface area (Å²) in [6, 6.07) is 9.19. The van der Waals surface area contributed by atoms with Crippen LogP contribution in [0.15, 0.2) is 46.2 Å². The van der Waals surface area contributed by atoms with Crippen LogP contribution in [0.3, 0.4) is 0 Å². The molecule has 7 nitrogen and oxygen atoms in total. The third-order valence-electron chi connectivity index (χ3n) is 6.38. The number of hydrogen-bond acceptors (Lipinski definition) is 6. The smallest absolute Gasteiger partial charge is 0.233 e. The molecule has 3 aromatic rings. The molecule has 0 saturated heterocycles. The maximum atomic E-state index is 13.4. The van der Waals surface area contributed by atoms with E-state index in [4.69, 9.17) is 16.0 Å². The third-order valence-corrected chi connectivity index (χ3v) is 7.66. The predicted octanol–water partition coefficient (Wildman–Crippen LogP) is 5.11. The van der Waals surface area contributed by atoms with E-state index in [1.54, 1.807) is 24.3 Å². The van der Waals surface area contributed by atoms with Gasteiger partial charge in [-0.2, -0.15) is 0 Å². The van der Waals surface area contributed by atoms with Gasteiger partial charge in [0.15, 0.2) is 16.8 Å². The molecule has 0 bridgehead atoms. The summed E-state index contributed by atoms with van der Waals surface area (Å²) < 4.78 is 7.37. The second-order valence-electron chi connectivity index (χ2n) is 8.15. The molecular weight excluding hydrogens is 460 g/mol. The van der Waals surface area contributed by atoms with Crippen LogP contribution in [0.4, 0.5) is 0 Å². The number of carbonyl (C=O) groups is 2. The molecular formula is C24H27ClN4O3S. The summed E-state index contributed by atoms with van der Waals surface area (Å²) in [6.07, 6.45) is 4.32. The Balaban J connectivity index is 1.58. The van der Waals surface area contributed by atoms with E-state index in [0.29, 0.717) is 41.0 Å². The Kier molecular flexibility index (Phi) is 6.95. The molecule has 1 aliphatic carbocycles. The molecule has 2 heterocycles. The van der Waals surface area contributed by atoms with Crippen molar-refractivity contribution in [2.24, 2.45) is 0 Å². The zero-order chi connectivity index (χ0) is 23.6. The minimum Gasteiger partial charge on any atom is -0.469 e. The van der Waals surface area contributed by atoms with Crippen LogP contribution < -0.4 is 0 Å². The molecule has 0 aliphatic heterocycles. The summed E-state index contributed by atoms with van der Waals surface area (Å²) in [5, 5.41) is 9.79. The molecule has 33 heavy (non-hydrogen) atoms. The standard InChI is InChI=1S/C24H27ClN4O3S/c1-4-29-22(17-12-14-32-16(17)2)26-27-23(29)33-15-21(31)28(3)24(13-8-7-11-20(24)30)18-9-5-6-10-19(18)25/h5-6,9-10,12,14H,4,7-8,11,13,15H2,1-3H3. The van der Waals surface area contributed by atoms with E-state index in [0.717, 1.165) is 24.2 Å². The molecule has 174 valence electrons. The van der Waals surface area contributed by atoms with Crippen LogP contribution >= 0.6 is 23.4 Å². The number of ketones is 1. The van der Waals surface area contributed by atoms with Crippen molar-refractivity contribution in [1.29, 1.82) is 0 Å². The average Bonchev–Trinajstić information content (AvgIpc) is 3.43. The fourth-order valence-electron chi connectivity index (χ4n) is 4.56. The van der Waals surface area contributed by atoms with Gasteiger partial charge in [-0.15, -0.1) is 10.2 Å². The zero-order valence-electron chi connectivity index (χ0n) is 19.0. The quantitative estimate of drug-likeness (QED) is 0.432. The Morgan fingerprint density at radius 2 is 2.06 bits per heavy atom. The van der Waals surface area contributed by atoms with E-state index in [1.807, 2.05) is 42.7 Å². The molecule has 0 spiro atoms. The second kappa shape index (κ2) is 9.73. The molecule has 1 saturated carbocycles. The molecule has 2 aromatic heterocycles. The number of aryl methyl sites for hydroxylation is 1. The molecule has 1 atom stereocenters. The Morgan fingerprint density at radius 1 is 1.27 bits per heavy atom. The van der Waals surface area contributed by atoms with Crippen LogP contribution in [-0.4, -0.2) is 44.2 Å². The summed E-state index contributed by atoms with van der Waals surface area (Å²) >= 11 is 7.83. The van der Waals surface area contributed by atoms with Gasteiger partial charge in [0.25, 0.3) is 0 Å². The second-order valence-corrected chi connectivity index (χ2v) is 9.50. The molecule has 0 radical (unpaired) electrons. The first-order valence-corrected chi connectivity index (χ1v) is 12.4.